The van der Waals surface area contributed by atoms with Crippen LogP contribution in [0.2, 0.25) is 0 Å². The van der Waals surface area contributed by atoms with Crippen molar-refractivity contribution in [3.8, 4) is 5.75 Å². The number of ether oxygens (including phenoxy) is 1. The SMILES string of the molecule is CC[C@H]1CN(c2ccc(C(=O)NC3CC3)nc2C)CCN1C1CCN(Cc2ccc(OC(F)(F)F)cc2)CC1. The number of carbonyl (C=O) groups is 1. The van der Waals surface area contributed by atoms with E-state index in [-0.39, 0.29) is 11.7 Å². The van der Waals surface area contributed by atoms with Crippen molar-refractivity contribution in [2.75, 3.05) is 37.6 Å². The second-order valence-corrected chi connectivity index (χ2v) is 11.0. The molecular formula is C29H38F3N5O2. The highest BCUT2D eigenvalue weighted by atomic mass is 19.4. The Morgan fingerprint density at radius 1 is 1.03 bits per heavy atom. The number of piperidine rings is 1. The van der Waals surface area contributed by atoms with E-state index in [2.05, 4.69) is 36.7 Å². The van der Waals surface area contributed by atoms with Crippen LogP contribution in [0.5, 0.6) is 5.75 Å². The first-order chi connectivity index (χ1) is 18.7. The maximum atomic E-state index is 12.4. The van der Waals surface area contributed by atoms with Crippen LogP contribution in [-0.4, -0.2) is 77.9 Å². The zero-order valence-corrected chi connectivity index (χ0v) is 22.7. The lowest BCUT2D eigenvalue weighted by Crippen LogP contribution is -2.58. The number of nitrogens with zero attached hydrogens (tertiary/aromatic N) is 4. The highest BCUT2D eigenvalue weighted by molar-refractivity contribution is 5.93. The van der Waals surface area contributed by atoms with Crippen LogP contribution < -0.4 is 15.0 Å². The Bertz CT molecular complexity index is 1130. The Kier molecular flexibility index (Phi) is 8.32. The highest BCUT2D eigenvalue weighted by Crippen LogP contribution is 2.29. The van der Waals surface area contributed by atoms with Gasteiger partial charge >= 0.3 is 6.36 Å². The first-order valence-corrected chi connectivity index (χ1v) is 14.0. The summed E-state index contributed by atoms with van der Waals surface area (Å²) in [7, 11) is 0. The topological polar surface area (TPSA) is 60.9 Å². The molecule has 0 spiro atoms. The van der Waals surface area contributed by atoms with E-state index < -0.39 is 6.36 Å². The lowest BCUT2D eigenvalue weighted by molar-refractivity contribution is -0.274. The smallest absolute Gasteiger partial charge is 0.406 e. The third kappa shape index (κ3) is 7.22. The van der Waals surface area contributed by atoms with Crippen molar-refractivity contribution in [2.24, 2.45) is 0 Å². The Hall–Kier alpha value is -2.85. The second-order valence-electron chi connectivity index (χ2n) is 11.0. The van der Waals surface area contributed by atoms with Crippen molar-refractivity contribution in [3.63, 3.8) is 0 Å². The summed E-state index contributed by atoms with van der Waals surface area (Å²) in [6, 6.07) is 11.4. The third-order valence-electron chi connectivity index (χ3n) is 8.13. The van der Waals surface area contributed by atoms with Crippen molar-refractivity contribution in [2.45, 2.75) is 77.0 Å². The normalized spacial score (nSPS) is 21.7. The van der Waals surface area contributed by atoms with Crippen molar-refractivity contribution in [1.82, 2.24) is 20.1 Å². The van der Waals surface area contributed by atoms with Gasteiger partial charge in [0.15, 0.2) is 0 Å². The molecule has 1 atom stereocenters. The maximum absolute atomic E-state index is 12.4. The van der Waals surface area contributed by atoms with Gasteiger partial charge in [-0.25, -0.2) is 4.98 Å². The van der Waals surface area contributed by atoms with Crippen LogP contribution in [0, 0.1) is 6.92 Å². The molecule has 0 radical (unpaired) electrons. The van der Waals surface area contributed by atoms with Gasteiger partial charge in [0.25, 0.3) is 5.91 Å². The van der Waals surface area contributed by atoms with Gasteiger partial charge in [-0.3, -0.25) is 14.6 Å². The van der Waals surface area contributed by atoms with Crippen LogP contribution in [0.1, 0.15) is 60.8 Å². The van der Waals surface area contributed by atoms with E-state index in [0.717, 1.165) is 88.3 Å². The second kappa shape index (κ2) is 11.7. The third-order valence-corrected chi connectivity index (χ3v) is 8.13. The van der Waals surface area contributed by atoms with E-state index in [1.807, 2.05) is 19.1 Å². The van der Waals surface area contributed by atoms with Gasteiger partial charge in [0.05, 0.1) is 11.4 Å². The van der Waals surface area contributed by atoms with Crippen molar-refractivity contribution < 1.29 is 22.7 Å². The molecule has 2 aromatic rings. The van der Waals surface area contributed by atoms with E-state index in [4.69, 9.17) is 0 Å². The zero-order valence-electron chi connectivity index (χ0n) is 22.7. The molecule has 2 saturated heterocycles. The molecule has 1 N–H and O–H groups in total. The molecule has 1 aromatic carbocycles. The summed E-state index contributed by atoms with van der Waals surface area (Å²) >= 11 is 0. The zero-order chi connectivity index (χ0) is 27.6. The summed E-state index contributed by atoms with van der Waals surface area (Å²) < 4.78 is 41.2. The van der Waals surface area contributed by atoms with Gasteiger partial charge in [-0.05, 0) is 81.9 Å². The molecule has 3 fully saturated rings. The number of aryl methyl sites for hydroxylation is 1. The molecule has 1 amide bonds. The highest BCUT2D eigenvalue weighted by Gasteiger charge is 2.34. The predicted octanol–water partition coefficient (Wildman–Crippen LogP) is 4.75. The van der Waals surface area contributed by atoms with Gasteiger partial charge in [-0.15, -0.1) is 13.2 Å². The van der Waals surface area contributed by atoms with Gasteiger partial charge < -0.3 is 15.0 Å². The minimum absolute atomic E-state index is 0.0813. The number of alkyl halides is 3. The molecule has 5 rings (SSSR count). The first kappa shape index (κ1) is 27.7. The standard InChI is InChI=1S/C29H38F3N5O2/c1-3-23-19-36(27-11-10-26(33-20(27)2)28(38)34-22-6-7-22)16-17-37(23)24-12-14-35(15-13-24)18-21-4-8-25(9-5-21)39-29(30,31)32/h4-5,8-11,22-24H,3,6-7,12-19H2,1-2H3,(H,34,38)/t23-/m0/s1. The molecule has 39 heavy (non-hydrogen) atoms. The van der Waals surface area contributed by atoms with E-state index in [0.29, 0.717) is 23.8 Å². The maximum Gasteiger partial charge on any atom is 0.573 e. The van der Waals surface area contributed by atoms with Crippen LogP contribution in [-0.2, 0) is 6.54 Å². The average Bonchev–Trinajstić information content (AvgIpc) is 3.73. The van der Waals surface area contributed by atoms with Crippen molar-refractivity contribution in [1.29, 1.82) is 0 Å². The molecule has 0 unspecified atom stereocenters. The van der Waals surface area contributed by atoms with E-state index in [1.54, 1.807) is 12.1 Å². The quantitative estimate of drug-likeness (QED) is 0.517. The Labute approximate surface area is 228 Å². The van der Waals surface area contributed by atoms with Crippen LogP contribution in [0.15, 0.2) is 36.4 Å². The number of hydrogen-bond donors (Lipinski definition) is 1. The number of carbonyl (C=O) groups excluding carboxylic acids is 1. The molecule has 10 heteroatoms. The number of amides is 1. The van der Waals surface area contributed by atoms with Crippen LogP contribution >= 0.6 is 0 Å². The van der Waals surface area contributed by atoms with Crippen LogP contribution in [0.4, 0.5) is 18.9 Å². The molecule has 1 aromatic heterocycles. The molecule has 3 aliphatic rings. The number of rotatable bonds is 8. The predicted molar refractivity (Wildman–Crippen MR) is 144 cm³/mol. The van der Waals surface area contributed by atoms with Gasteiger partial charge in [-0.2, -0.15) is 0 Å². The number of nitrogens with one attached hydrogen (secondary N) is 1. The Morgan fingerprint density at radius 2 is 1.74 bits per heavy atom. The molecule has 7 nitrogen and oxygen atoms in total. The number of anilines is 1. The summed E-state index contributed by atoms with van der Waals surface area (Å²) in [6.45, 7) is 9.77. The van der Waals surface area contributed by atoms with Gasteiger partial charge in [0.1, 0.15) is 11.4 Å². The Morgan fingerprint density at radius 3 is 2.36 bits per heavy atom. The number of piperazine rings is 1. The first-order valence-electron chi connectivity index (χ1n) is 14.0. The molecule has 2 aliphatic heterocycles. The van der Waals surface area contributed by atoms with Crippen LogP contribution in [0.25, 0.3) is 0 Å². The summed E-state index contributed by atoms with van der Waals surface area (Å²) in [5.41, 5.74) is 3.49. The summed E-state index contributed by atoms with van der Waals surface area (Å²) in [5, 5.41) is 3.01. The summed E-state index contributed by atoms with van der Waals surface area (Å²) in [4.78, 5) is 24.5. The molecule has 0 bridgehead atoms. The molecule has 1 saturated carbocycles. The van der Waals surface area contributed by atoms with E-state index in [9.17, 15) is 18.0 Å². The minimum atomic E-state index is -4.67. The largest absolute Gasteiger partial charge is 0.573 e. The van der Waals surface area contributed by atoms with Gasteiger partial charge in [0.2, 0.25) is 0 Å². The van der Waals surface area contributed by atoms with E-state index in [1.165, 1.54) is 12.1 Å². The number of halogens is 3. The molecule has 1 aliphatic carbocycles. The van der Waals surface area contributed by atoms with Crippen LogP contribution in [0.3, 0.4) is 0 Å². The minimum Gasteiger partial charge on any atom is -0.406 e. The fourth-order valence-electron chi connectivity index (χ4n) is 5.90. The fraction of sp³-hybridized carbons (Fsp3) is 0.586. The number of aromatic nitrogens is 1. The molecule has 212 valence electrons. The molecule has 3 heterocycles. The lowest BCUT2D eigenvalue weighted by atomic mass is 9.97. The number of likely N-dealkylation sites (tertiary alicyclic amines) is 1. The summed E-state index contributed by atoms with van der Waals surface area (Å²) in [5.74, 6) is -0.266. The van der Waals surface area contributed by atoms with Gasteiger partial charge in [0, 0.05) is 44.3 Å². The van der Waals surface area contributed by atoms with Crippen molar-refractivity contribution in [3.05, 3.63) is 53.3 Å². The van der Waals surface area contributed by atoms with Crippen molar-refractivity contribution >= 4 is 11.6 Å². The number of pyridine rings is 1. The average molecular weight is 546 g/mol. The molecular weight excluding hydrogens is 507 g/mol. The Balaban J connectivity index is 1.12. The summed E-state index contributed by atoms with van der Waals surface area (Å²) in [6.07, 6.45) is 0.676. The number of benzene rings is 1. The number of hydrogen-bond acceptors (Lipinski definition) is 6. The van der Waals surface area contributed by atoms with Gasteiger partial charge in [-0.1, -0.05) is 19.1 Å². The fourth-order valence-corrected chi connectivity index (χ4v) is 5.90. The lowest BCUT2D eigenvalue weighted by Gasteiger charge is -2.48. The van der Waals surface area contributed by atoms with E-state index >= 15 is 0 Å². The monoisotopic (exact) mass is 545 g/mol.